The minimum absolute atomic E-state index is 0.240. The SMILES string of the molecule is Cc1ccccc1-n1c2c(sc1=S)C(c1ccccc1Cl)N=C1N=CC=CN12. The summed E-state index contributed by atoms with van der Waals surface area (Å²) < 4.78 is 2.89. The number of hydrogen-bond acceptors (Lipinski definition) is 5. The van der Waals surface area contributed by atoms with E-state index in [2.05, 4.69) is 28.6 Å². The van der Waals surface area contributed by atoms with E-state index in [0.29, 0.717) is 11.0 Å². The third-order valence-electron chi connectivity index (χ3n) is 4.82. The summed E-state index contributed by atoms with van der Waals surface area (Å²) in [7, 11) is 0. The molecule has 1 atom stereocenters. The molecule has 4 nitrogen and oxygen atoms in total. The van der Waals surface area contributed by atoms with Gasteiger partial charge in [-0.3, -0.25) is 9.47 Å². The standard InChI is InChI=1S/C21H15ClN4S2/c1-13-7-2-5-10-16(13)26-19-18(28-21(26)27)17(14-8-3-4-9-15(14)22)24-20-23-11-6-12-25(19)20/h2-12,17H,1H3. The molecule has 1 unspecified atom stereocenters. The second kappa shape index (κ2) is 6.81. The Morgan fingerprint density at radius 3 is 2.71 bits per heavy atom. The lowest BCUT2D eigenvalue weighted by Crippen LogP contribution is -2.32. The molecule has 7 heteroatoms. The molecule has 3 aromatic rings. The van der Waals surface area contributed by atoms with Crippen molar-refractivity contribution in [3.63, 3.8) is 0 Å². The van der Waals surface area contributed by atoms with Gasteiger partial charge in [0.2, 0.25) is 5.96 Å². The van der Waals surface area contributed by atoms with Crippen LogP contribution in [0.15, 0.2) is 70.8 Å². The zero-order chi connectivity index (χ0) is 19.3. The van der Waals surface area contributed by atoms with Gasteiger partial charge < -0.3 is 0 Å². The van der Waals surface area contributed by atoms with Crippen LogP contribution in [-0.2, 0) is 0 Å². The number of nitrogens with zero attached hydrogens (tertiary/aromatic N) is 4. The minimum atomic E-state index is -0.240. The molecule has 5 rings (SSSR count). The number of para-hydroxylation sites is 1. The van der Waals surface area contributed by atoms with Crippen molar-refractivity contribution in [1.82, 2.24) is 4.57 Å². The zero-order valence-electron chi connectivity index (χ0n) is 14.9. The first kappa shape index (κ1) is 17.6. The normalized spacial score (nSPS) is 17.3. The van der Waals surface area contributed by atoms with Crippen LogP contribution in [0, 0.1) is 10.9 Å². The lowest BCUT2D eigenvalue weighted by atomic mass is 10.0. The van der Waals surface area contributed by atoms with Gasteiger partial charge in [0.1, 0.15) is 11.9 Å². The Bertz CT molecular complexity index is 1240. The van der Waals surface area contributed by atoms with Gasteiger partial charge >= 0.3 is 0 Å². The van der Waals surface area contributed by atoms with Crippen LogP contribution in [0.25, 0.3) is 5.69 Å². The number of allylic oxidation sites excluding steroid dienone is 1. The van der Waals surface area contributed by atoms with Crippen LogP contribution >= 0.6 is 35.2 Å². The van der Waals surface area contributed by atoms with Crippen molar-refractivity contribution in [2.24, 2.45) is 9.98 Å². The van der Waals surface area contributed by atoms with Gasteiger partial charge in [0.25, 0.3) is 0 Å². The number of halogens is 1. The van der Waals surface area contributed by atoms with Gasteiger partial charge in [0, 0.05) is 23.0 Å². The maximum Gasteiger partial charge on any atom is 0.231 e. The molecule has 0 amide bonds. The van der Waals surface area contributed by atoms with Crippen molar-refractivity contribution >= 4 is 53.1 Å². The van der Waals surface area contributed by atoms with Crippen molar-refractivity contribution in [3.05, 3.63) is 85.8 Å². The summed E-state index contributed by atoms with van der Waals surface area (Å²) in [6.45, 7) is 2.09. The summed E-state index contributed by atoms with van der Waals surface area (Å²) >= 11 is 13.9. The van der Waals surface area contributed by atoms with Gasteiger partial charge in [0.05, 0.1) is 10.6 Å². The van der Waals surface area contributed by atoms with Crippen LogP contribution in [0.2, 0.25) is 5.02 Å². The number of guanidine groups is 1. The summed E-state index contributed by atoms with van der Waals surface area (Å²) in [6, 6.07) is 15.8. The number of aryl methyl sites for hydroxylation is 1. The number of aliphatic imine (C=N–C) groups is 2. The Balaban J connectivity index is 1.81. The maximum absolute atomic E-state index is 6.52. The highest BCUT2D eigenvalue weighted by Crippen LogP contribution is 2.45. The second-order valence-electron chi connectivity index (χ2n) is 6.52. The molecule has 0 spiro atoms. The smallest absolute Gasteiger partial charge is 0.231 e. The zero-order valence-corrected chi connectivity index (χ0v) is 17.3. The summed E-state index contributed by atoms with van der Waals surface area (Å²) in [5, 5.41) is 0.688. The fraction of sp³-hybridized carbons (Fsp3) is 0.0952. The van der Waals surface area contributed by atoms with Gasteiger partial charge in [-0.1, -0.05) is 48.0 Å². The summed E-state index contributed by atoms with van der Waals surface area (Å²) in [5.41, 5.74) is 3.17. The van der Waals surface area contributed by atoms with Crippen LogP contribution in [0.4, 0.5) is 5.82 Å². The van der Waals surface area contributed by atoms with Crippen molar-refractivity contribution in [2.45, 2.75) is 13.0 Å². The van der Waals surface area contributed by atoms with E-state index in [0.717, 1.165) is 31.5 Å². The van der Waals surface area contributed by atoms with E-state index >= 15 is 0 Å². The Morgan fingerprint density at radius 1 is 1.11 bits per heavy atom. The van der Waals surface area contributed by atoms with Crippen molar-refractivity contribution < 1.29 is 0 Å². The van der Waals surface area contributed by atoms with Gasteiger partial charge in [-0.15, -0.1) is 11.3 Å². The van der Waals surface area contributed by atoms with Gasteiger partial charge in [-0.05, 0) is 42.9 Å². The molecule has 0 aliphatic carbocycles. The topological polar surface area (TPSA) is 32.9 Å². The van der Waals surface area contributed by atoms with Crippen molar-refractivity contribution in [1.29, 1.82) is 0 Å². The molecule has 138 valence electrons. The summed E-state index contributed by atoms with van der Waals surface area (Å²) in [5.74, 6) is 1.61. The predicted octanol–water partition coefficient (Wildman–Crippen LogP) is 6.09. The first-order valence-electron chi connectivity index (χ1n) is 8.79. The Morgan fingerprint density at radius 2 is 1.89 bits per heavy atom. The number of thiazole rings is 1. The van der Waals surface area contributed by atoms with Crippen molar-refractivity contribution in [3.8, 4) is 5.69 Å². The highest BCUT2D eigenvalue weighted by molar-refractivity contribution is 7.73. The molecule has 2 aliphatic rings. The van der Waals surface area contributed by atoms with E-state index in [1.807, 2.05) is 53.6 Å². The number of fused-ring (bicyclic) bond motifs is 3. The highest BCUT2D eigenvalue weighted by Gasteiger charge is 2.34. The molecule has 0 fully saturated rings. The van der Waals surface area contributed by atoms with Gasteiger partial charge in [0.15, 0.2) is 3.95 Å². The number of rotatable bonds is 2. The molecule has 3 heterocycles. The number of benzene rings is 2. The van der Waals surface area contributed by atoms with Crippen molar-refractivity contribution in [2.75, 3.05) is 4.90 Å². The number of hydrogen-bond donors (Lipinski definition) is 0. The maximum atomic E-state index is 6.52. The summed E-state index contributed by atoms with van der Waals surface area (Å²) in [4.78, 5) is 12.5. The number of anilines is 1. The second-order valence-corrected chi connectivity index (χ2v) is 8.60. The Hall–Kier alpha value is -2.54. The molecule has 28 heavy (non-hydrogen) atoms. The molecule has 1 aromatic heterocycles. The quantitative estimate of drug-likeness (QED) is 0.468. The van der Waals surface area contributed by atoms with Crippen LogP contribution < -0.4 is 4.90 Å². The Labute approximate surface area is 176 Å². The lowest BCUT2D eigenvalue weighted by molar-refractivity contribution is 0.843. The monoisotopic (exact) mass is 422 g/mol. The first-order valence-corrected chi connectivity index (χ1v) is 10.4. The van der Waals surface area contributed by atoms with E-state index in [1.54, 1.807) is 17.6 Å². The third-order valence-corrected chi connectivity index (χ3v) is 6.58. The molecule has 2 aromatic carbocycles. The lowest BCUT2D eigenvalue weighted by Gasteiger charge is -2.30. The van der Waals surface area contributed by atoms with E-state index in [1.165, 1.54) is 0 Å². The van der Waals surface area contributed by atoms with E-state index < -0.39 is 0 Å². The number of aromatic nitrogens is 1. The molecule has 2 aliphatic heterocycles. The van der Waals surface area contributed by atoms with E-state index in [9.17, 15) is 0 Å². The predicted molar refractivity (Wildman–Crippen MR) is 120 cm³/mol. The van der Waals surface area contributed by atoms with E-state index in [-0.39, 0.29) is 6.04 Å². The molecule has 0 saturated carbocycles. The molecule has 0 radical (unpaired) electrons. The van der Waals surface area contributed by atoms with Crippen LogP contribution in [-0.4, -0.2) is 16.7 Å². The molecular weight excluding hydrogens is 408 g/mol. The average molecular weight is 423 g/mol. The molecule has 0 bridgehead atoms. The van der Waals surface area contributed by atoms with Gasteiger partial charge in [-0.25, -0.2) is 9.98 Å². The van der Waals surface area contributed by atoms with Crippen LogP contribution in [0.3, 0.4) is 0 Å². The molecule has 0 saturated heterocycles. The average Bonchev–Trinajstić information content (AvgIpc) is 3.05. The highest BCUT2D eigenvalue weighted by atomic mass is 35.5. The fourth-order valence-corrected chi connectivity index (χ4v) is 5.25. The van der Waals surface area contributed by atoms with E-state index in [4.69, 9.17) is 28.8 Å². The fourth-order valence-electron chi connectivity index (χ4n) is 3.52. The van der Waals surface area contributed by atoms with Gasteiger partial charge in [-0.2, -0.15) is 0 Å². The Kier molecular flexibility index (Phi) is 4.27. The van der Waals surface area contributed by atoms with Crippen LogP contribution in [0.5, 0.6) is 0 Å². The summed E-state index contributed by atoms with van der Waals surface area (Å²) in [6.07, 6.45) is 5.63. The van der Waals surface area contributed by atoms with Crippen LogP contribution in [0.1, 0.15) is 22.0 Å². The largest absolute Gasteiger partial charge is 0.277 e. The molecule has 0 N–H and O–H groups in total. The molecular formula is C21H15ClN4S2. The third kappa shape index (κ3) is 2.68. The minimum Gasteiger partial charge on any atom is -0.277 e. The first-order chi connectivity index (χ1) is 13.6.